The lowest BCUT2D eigenvalue weighted by molar-refractivity contribution is 0.250. The molecule has 1 aromatic carbocycles. The van der Waals surface area contributed by atoms with Gasteiger partial charge in [0.05, 0.1) is 0 Å². The fourth-order valence-corrected chi connectivity index (χ4v) is 2.87. The second kappa shape index (κ2) is 5.24. The van der Waals surface area contributed by atoms with Crippen LogP contribution < -0.4 is 5.73 Å². The van der Waals surface area contributed by atoms with Crippen molar-refractivity contribution in [3.8, 4) is 0 Å². The molecule has 2 N–H and O–H groups in total. The quantitative estimate of drug-likeness (QED) is 0.831. The Morgan fingerprint density at radius 2 is 2.06 bits per heavy atom. The molecule has 1 aliphatic heterocycles. The summed E-state index contributed by atoms with van der Waals surface area (Å²) >= 11 is 0. The summed E-state index contributed by atoms with van der Waals surface area (Å²) in [6, 6.07) is 5.37. The lowest BCUT2D eigenvalue weighted by Gasteiger charge is -2.22. The lowest BCUT2D eigenvalue weighted by Crippen LogP contribution is -2.34. The predicted molar refractivity (Wildman–Crippen MR) is 72.7 cm³/mol. The van der Waals surface area contributed by atoms with E-state index in [0.29, 0.717) is 17.6 Å². The summed E-state index contributed by atoms with van der Waals surface area (Å²) in [4.78, 5) is 4.63. The van der Waals surface area contributed by atoms with Gasteiger partial charge in [-0.1, -0.05) is 6.92 Å². The molecule has 3 nitrogen and oxygen atoms in total. The first-order chi connectivity index (χ1) is 8.45. The minimum absolute atomic E-state index is 0.249. The van der Waals surface area contributed by atoms with Gasteiger partial charge in [-0.3, -0.25) is 4.90 Å². The van der Waals surface area contributed by atoms with Gasteiger partial charge in [-0.15, -0.1) is 0 Å². The molecule has 1 heterocycles. The maximum Gasteiger partial charge on any atom is 0.125 e. The van der Waals surface area contributed by atoms with Crippen molar-refractivity contribution in [1.82, 2.24) is 9.80 Å². The number of rotatable bonds is 3. The summed E-state index contributed by atoms with van der Waals surface area (Å²) in [7, 11) is 4.23. The molecule has 1 fully saturated rings. The van der Waals surface area contributed by atoms with Crippen molar-refractivity contribution in [3.05, 3.63) is 29.6 Å². The molecule has 0 amide bonds. The first kappa shape index (κ1) is 13.3. The SMILES string of the molecule is CC1CN(Cc2cc(N)cc(F)c2)CC1N(C)C. The predicted octanol–water partition coefficient (Wildman–Crippen LogP) is 1.79. The fourth-order valence-electron chi connectivity index (χ4n) is 2.87. The summed E-state index contributed by atoms with van der Waals surface area (Å²) in [5, 5.41) is 0. The van der Waals surface area contributed by atoms with E-state index in [1.807, 2.05) is 6.07 Å². The molecule has 0 spiro atoms. The second-order valence-corrected chi connectivity index (χ2v) is 5.60. The van der Waals surface area contributed by atoms with Crippen molar-refractivity contribution in [3.63, 3.8) is 0 Å². The van der Waals surface area contributed by atoms with Gasteiger partial charge in [0.25, 0.3) is 0 Å². The molecule has 2 unspecified atom stereocenters. The molecule has 0 aromatic heterocycles. The minimum Gasteiger partial charge on any atom is -0.399 e. The summed E-state index contributed by atoms with van der Waals surface area (Å²) in [6.07, 6.45) is 0. The van der Waals surface area contributed by atoms with E-state index in [2.05, 4.69) is 30.8 Å². The Balaban J connectivity index is 2.02. The number of anilines is 1. The van der Waals surface area contributed by atoms with E-state index in [0.717, 1.165) is 25.2 Å². The molecule has 0 bridgehead atoms. The van der Waals surface area contributed by atoms with E-state index in [-0.39, 0.29) is 5.82 Å². The van der Waals surface area contributed by atoms with Gasteiger partial charge in [-0.05, 0) is 43.8 Å². The third kappa shape index (κ3) is 3.00. The van der Waals surface area contributed by atoms with E-state index in [1.165, 1.54) is 6.07 Å². The Morgan fingerprint density at radius 1 is 1.33 bits per heavy atom. The zero-order chi connectivity index (χ0) is 13.3. The van der Waals surface area contributed by atoms with Crippen LogP contribution in [0.25, 0.3) is 0 Å². The number of hydrogen-bond acceptors (Lipinski definition) is 3. The third-order valence-corrected chi connectivity index (χ3v) is 3.70. The highest BCUT2D eigenvalue weighted by Gasteiger charge is 2.30. The van der Waals surface area contributed by atoms with Crippen LogP contribution in [0.5, 0.6) is 0 Å². The molecule has 2 rings (SSSR count). The maximum absolute atomic E-state index is 13.3. The summed E-state index contributed by atoms with van der Waals surface area (Å²) in [5.74, 6) is 0.396. The molecule has 2 atom stereocenters. The molecule has 1 saturated heterocycles. The number of nitrogen functional groups attached to an aromatic ring is 1. The lowest BCUT2D eigenvalue weighted by atomic mass is 10.1. The van der Waals surface area contributed by atoms with Crippen LogP contribution in [0.1, 0.15) is 12.5 Å². The topological polar surface area (TPSA) is 32.5 Å². The van der Waals surface area contributed by atoms with Crippen LogP contribution in [-0.2, 0) is 6.54 Å². The Labute approximate surface area is 108 Å². The fraction of sp³-hybridized carbons (Fsp3) is 0.571. The van der Waals surface area contributed by atoms with Crippen LogP contribution in [0, 0.1) is 11.7 Å². The van der Waals surface area contributed by atoms with Gasteiger partial charge in [0, 0.05) is 31.4 Å². The second-order valence-electron chi connectivity index (χ2n) is 5.60. The van der Waals surface area contributed by atoms with Crippen molar-refractivity contribution in [1.29, 1.82) is 0 Å². The molecular formula is C14H22FN3. The molecule has 0 aliphatic carbocycles. The molecule has 100 valence electrons. The number of benzene rings is 1. The molecule has 1 aliphatic rings. The number of halogens is 1. The highest BCUT2D eigenvalue weighted by molar-refractivity contribution is 5.41. The number of likely N-dealkylation sites (N-methyl/N-ethyl adjacent to an activating group) is 1. The number of nitrogens with two attached hydrogens (primary N) is 1. The number of nitrogens with zero attached hydrogens (tertiary/aromatic N) is 2. The zero-order valence-electron chi connectivity index (χ0n) is 11.4. The van der Waals surface area contributed by atoms with Crippen molar-refractivity contribution in [2.45, 2.75) is 19.5 Å². The van der Waals surface area contributed by atoms with Crippen LogP contribution in [0.2, 0.25) is 0 Å². The van der Waals surface area contributed by atoms with E-state index in [9.17, 15) is 4.39 Å². The summed E-state index contributed by atoms with van der Waals surface area (Å²) in [6.45, 7) is 5.13. The Morgan fingerprint density at radius 3 is 2.61 bits per heavy atom. The largest absolute Gasteiger partial charge is 0.399 e. The van der Waals surface area contributed by atoms with Crippen molar-refractivity contribution in [2.75, 3.05) is 32.9 Å². The van der Waals surface area contributed by atoms with Crippen LogP contribution in [0.3, 0.4) is 0 Å². The monoisotopic (exact) mass is 251 g/mol. The van der Waals surface area contributed by atoms with E-state index < -0.39 is 0 Å². The minimum atomic E-state index is -0.249. The van der Waals surface area contributed by atoms with Crippen molar-refractivity contribution in [2.24, 2.45) is 5.92 Å². The van der Waals surface area contributed by atoms with E-state index in [4.69, 9.17) is 5.73 Å². The van der Waals surface area contributed by atoms with E-state index in [1.54, 1.807) is 6.07 Å². The molecule has 4 heteroatoms. The van der Waals surface area contributed by atoms with Crippen molar-refractivity contribution < 1.29 is 4.39 Å². The first-order valence-corrected chi connectivity index (χ1v) is 6.39. The summed E-state index contributed by atoms with van der Waals surface area (Å²) in [5.41, 5.74) is 7.13. The van der Waals surface area contributed by atoms with Crippen LogP contribution in [0.15, 0.2) is 18.2 Å². The Bertz CT molecular complexity index is 399. The standard InChI is InChI=1S/C14H22FN3/c1-10-7-18(9-14(10)17(2)3)8-11-4-12(15)6-13(16)5-11/h4-6,10,14H,7-9,16H2,1-3H3. The summed E-state index contributed by atoms with van der Waals surface area (Å²) < 4.78 is 13.3. The average Bonchev–Trinajstić information content (AvgIpc) is 2.57. The first-order valence-electron chi connectivity index (χ1n) is 6.39. The average molecular weight is 251 g/mol. The van der Waals surface area contributed by atoms with Gasteiger partial charge in [0.1, 0.15) is 5.82 Å². The molecule has 0 radical (unpaired) electrons. The van der Waals surface area contributed by atoms with E-state index >= 15 is 0 Å². The highest BCUT2D eigenvalue weighted by atomic mass is 19.1. The van der Waals surface area contributed by atoms with Gasteiger partial charge in [0.15, 0.2) is 0 Å². The van der Waals surface area contributed by atoms with Gasteiger partial charge in [-0.25, -0.2) is 4.39 Å². The third-order valence-electron chi connectivity index (χ3n) is 3.70. The Kier molecular flexibility index (Phi) is 3.88. The van der Waals surface area contributed by atoms with Gasteiger partial charge in [-0.2, -0.15) is 0 Å². The van der Waals surface area contributed by atoms with Crippen LogP contribution in [-0.4, -0.2) is 43.0 Å². The maximum atomic E-state index is 13.3. The molecule has 1 aromatic rings. The van der Waals surface area contributed by atoms with Gasteiger partial charge in [0.2, 0.25) is 0 Å². The Hall–Kier alpha value is -1.13. The van der Waals surface area contributed by atoms with Gasteiger partial charge < -0.3 is 10.6 Å². The smallest absolute Gasteiger partial charge is 0.125 e. The number of likely N-dealkylation sites (tertiary alicyclic amines) is 1. The zero-order valence-corrected chi connectivity index (χ0v) is 11.4. The number of hydrogen-bond donors (Lipinski definition) is 1. The van der Waals surface area contributed by atoms with Gasteiger partial charge >= 0.3 is 0 Å². The van der Waals surface area contributed by atoms with Crippen LogP contribution >= 0.6 is 0 Å². The van der Waals surface area contributed by atoms with Crippen molar-refractivity contribution >= 4 is 5.69 Å². The molecule has 18 heavy (non-hydrogen) atoms. The normalized spacial score (nSPS) is 24.9. The molecular weight excluding hydrogens is 229 g/mol. The molecule has 0 saturated carbocycles. The highest BCUT2D eigenvalue weighted by Crippen LogP contribution is 2.22. The van der Waals surface area contributed by atoms with Crippen LogP contribution in [0.4, 0.5) is 10.1 Å².